The van der Waals surface area contributed by atoms with Gasteiger partial charge in [-0.3, -0.25) is 4.79 Å². The predicted octanol–water partition coefficient (Wildman–Crippen LogP) is 2.37. The van der Waals surface area contributed by atoms with Crippen LogP contribution in [0.2, 0.25) is 0 Å². The molecule has 0 amide bonds. The number of hydrogen-bond donors (Lipinski definition) is 0. The van der Waals surface area contributed by atoms with Crippen LogP contribution >= 0.6 is 0 Å². The van der Waals surface area contributed by atoms with Gasteiger partial charge >= 0.3 is 6.18 Å². The number of anilines is 1. The zero-order chi connectivity index (χ0) is 25.4. The number of methoxy groups -OCH3 is 1. The molecular weight excluding hydrogens is 483 g/mol. The van der Waals surface area contributed by atoms with Crippen molar-refractivity contribution in [3.8, 4) is 11.8 Å². The minimum Gasteiger partial charge on any atom is -0.481 e. The van der Waals surface area contributed by atoms with Crippen molar-refractivity contribution in [2.24, 2.45) is 5.10 Å². The van der Waals surface area contributed by atoms with Crippen LogP contribution in [0.3, 0.4) is 0 Å². The van der Waals surface area contributed by atoms with Crippen LogP contribution in [0.5, 0.6) is 11.8 Å². The molecule has 11 nitrogen and oxygen atoms in total. The fourth-order valence-electron chi connectivity index (χ4n) is 4.55. The molecule has 5 rings (SSSR count). The molecule has 3 aliphatic rings. The van der Waals surface area contributed by atoms with Crippen LogP contribution in [0.4, 0.5) is 18.9 Å². The molecule has 0 aromatic carbocycles. The summed E-state index contributed by atoms with van der Waals surface area (Å²) < 4.78 is 57.1. The molecule has 1 saturated heterocycles. The molecular formula is C22H24F3N7O4. The standard InChI is InChI=1S/C22H24F3N7O4/c1-13-29-32(19(11-33)35-13)31-6-3-4-18(31)36-20-15-10-30(7-5-17(15)27-12-28-20)14-8-16(22(23,24)25)21(34-2)26-9-14/h8-9,11-12,18-19H,3-7,10H2,1-2H3. The summed E-state index contributed by atoms with van der Waals surface area (Å²) in [5.41, 5.74) is 0.815. The number of nitrogens with zero attached hydrogens (tertiary/aromatic N) is 7. The maximum Gasteiger partial charge on any atom is 0.421 e. The Balaban J connectivity index is 1.39. The van der Waals surface area contributed by atoms with Crippen molar-refractivity contribution in [1.29, 1.82) is 0 Å². The van der Waals surface area contributed by atoms with Crippen LogP contribution in [0.1, 0.15) is 36.6 Å². The van der Waals surface area contributed by atoms with Crippen molar-refractivity contribution in [3.63, 3.8) is 0 Å². The Morgan fingerprint density at radius 1 is 1.19 bits per heavy atom. The molecule has 3 aliphatic heterocycles. The van der Waals surface area contributed by atoms with E-state index in [1.807, 2.05) is 5.01 Å². The Morgan fingerprint density at radius 2 is 2.03 bits per heavy atom. The van der Waals surface area contributed by atoms with Gasteiger partial charge in [0.1, 0.15) is 11.9 Å². The molecule has 2 aromatic rings. The third-order valence-corrected chi connectivity index (χ3v) is 6.22. The van der Waals surface area contributed by atoms with Gasteiger partial charge in [0.15, 0.2) is 12.5 Å². The first-order valence-corrected chi connectivity index (χ1v) is 11.4. The molecule has 0 bridgehead atoms. The molecule has 5 heterocycles. The lowest BCUT2D eigenvalue weighted by Gasteiger charge is -2.34. The number of fused-ring (bicyclic) bond motifs is 1. The summed E-state index contributed by atoms with van der Waals surface area (Å²) in [5.74, 6) is 0.233. The van der Waals surface area contributed by atoms with Crippen LogP contribution in [0, 0.1) is 0 Å². The van der Waals surface area contributed by atoms with Gasteiger partial charge in [0.2, 0.25) is 17.7 Å². The number of rotatable bonds is 6. The Morgan fingerprint density at radius 3 is 2.78 bits per heavy atom. The molecule has 2 unspecified atom stereocenters. The lowest BCUT2D eigenvalue weighted by molar-refractivity contribution is -0.162. The molecule has 0 radical (unpaired) electrons. The van der Waals surface area contributed by atoms with E-state index < -0.39 is 30.1 Å². The van der Waals surface area contributed by atoms with E-state index in [9.17, 15) is 18.0 Å². The molecule has 14 heteroatoms. The van der Waals surface area contributed by atoms with Gasteiger partial charge in [0.25, 0.3) is 6.23 Å². The fourth-order valence-corrected chi connectivity index (χ4v) is 4.55. The maximum absolute atomic E-state index is 13.5. The number of carbonyl (C=O) groups excluding carboxylic acids is 1. The van der Waals surface area contributed by atoms with E-state index in [1.54, 1.807) is 11.8 Å². The number of alkyl halides is 3. The smallest absolute Gasteiger partial charge is 0.421 e. The lowest BCUT2D eigenvalue weighted by Crippen LogP contribution is -2.49. The Bertz CT molecular complexity index is 1180. The van der Waals surface area contributed by atoms with Gasteiger partial charge in [0, 0.05) is 32.9 Å². The van der Waals surface area contributed by atoms with Crippen LogP contribution < -0.4 is 14.4 Å². The molecule has 1 fully saturated rings. The summed E-state index contributed by atoms with van der Waals surface area (Å²) in [7, 11) is 1.15. The second-order valence-corrected chi connectivity index (χ2v) is 8.49. The van der Waals surface area contributed by atoms with Gasteiger partial charge in [-0.15, -0.1) is 5.10 Å². The molecule has 2 aromatic heterocycles. The van der Waals surface area contributed by atoms with Crippen molar-refractivity contribution in [2.45, 2.75) is 51.4 Å². The average molecular weight is 507 g/mol. The van der Waals surface area contributed by atoms with Gasteiger partial charge in [-0.1, -0.05) is 0 Å². The summed E-state index contributed by atoms with van der Waals surface area (Å²) in [6.07, 6.45) is -0.538. The Labute approximate surface area is 204 Å². The van der Waals surface area contributed by atoms with Gasteiger partial charge in [-0.05, 0) is 12.5 Å². The van der Waals surface area contributed by atoms with Crippen LogP contribution in [0.25, 0.3) is 0 Å². The number of aromatic nitrogens is 3. The first-order valence-electron chi connectivity index (χ1n) is 11.4. The molecule has 0 aliphatic carbocycles. The molecule has 0 spiro atoms. The zero-order valence-corrected chi connectivity index (χ0v) is 19.6. The van der Waals surface area contributed by atoms with Gasteiger partial charge in [-0.25, -0.2) is 15.0 Å². The van der Waals surface area contributed by atoms with Crippen LogP contribution in [-0.2, 0) is 28.7 Å². The highest BCUT2D eigenvalue weighted by Crippen LogP contribution is 2.38. The topological polar surface area (TPSA) is 106 Å². The predicted molar refractivity (Wildman–Crippen MR) is 119 cm³/mol. The van der Waals surface area contributed by atoms with Crippen molar-refractivity contribution in [1.82, 2.24) is 25.1 Å². The van der Waals surface area contributed by atoms with E-state index in [0.29, 0.717) is 55.2 Å². The van der Waals surface area contributed by atoms with Crippen molar-refractivity contribution < 1.29 is 32.2 Å². The number of hydrazine groups is 1. The first kappa shape index (κ1) is 24.0. The molecule has 36 heavy (non-hydrogen) atoms. The van der Waals surface area contributed by atoms with E-state index >= 15 is 0 Å². The second kappa shape index (κ2) is 9.41. The largest absolute Gasteiger partial charge is 0.481 e. The molecule has 0 N–H and O–H groups in total. The Hall–Kier alpha value is -3.68. The summed E-state index contributed by atoms with van der Waals surface area (Å²) in [4.78, 5) is 25.8. The molecule has 2 atom stereocenters. The monoisotopic (exact) mass is 507 g/mol. The van der Waals surface area contributed by atoms with Crippen LogP contribution in [-0.4, -0.2) is 69.9 Å². The molecule has 0 saturated carbocycles. The summed E-state index contributed by atoms with van der Waals surface area (Å²) in [6, 6.07) is 1.03. The summed E-state index contributed by atoms with van der Waals surface area (Å²) in [6.45, 7) is 2.96. The third-order valence-electron chi connectivity index (χ3n) is 6.22. The minimum atomic E-state index is -4.61. The van der Waals surface area contributed by atoms with E-state index in [1.165, 1.54) is 17.6 Å². The van der Waals surface area contributed by atoms with Crippen molar-refractivity contribution >= 4 is 17.9 Å². The van der Waals surface area contributed by atoms with Gasteiger partial charge in [-0.2, -0.15) is 23.3 Å². The number of halogens is 3. The highest BCUT2D eigenvalue weighted by atomic mass is 19.4. The van der Waals surface area contributed by atoms with E-state index in [-0.39, 0.29) is 6.54 Å². The number of ether oxygens (including phenoxy) is 3. The normalized spacial score (nSPS) is 22.2. The number of carbonyl (C=O) groups is 1. The number of hydrazone groups is 1. The van der Waals surface area contributed by atoms with E-state index in [2.05, 4.69) is 20.1 Å². The fraction of sp³-hybridized carbons (Fsp3) is 0.500. The minimum absolute atomic E-state index is 0.241. The maximum atomic E-state index is 13.5. The van der Waals surface area contributed by atoms with E-state index in [0.717, 1.165) is 25.3 Å². The highest BCUT2D eigenvalue weighted by molar-refractivity contribution is 5.77. The third kappa shape index (κ3) is 4.47. The van der Waals surface area contributed by atoms with Crippen molar-refractivity contribution in [2.75, 3.05) is 25.1 Å². The van der Waals surface area contributed by atoms with Crippen molar-refractivity contribution in [3.05, 3.63) is 35.4 Å². The lowest BCUT2D eigenvalue weighted by atomic mass is 10.1. The second-order valence-electron chi connectivity index (χ2n) is 8.49. The van der Waals surface area contributed by atoms with Gasteiger partial charge in [0.05, 0.1) is 36.8 Å². The number of hydrogen-bond acceptors (Lipinski definition) is 11. The SMILES string of the molecule is COc1ncc(N2CCc3ncnc(OC4CCCN4N4N=C(C)OC4C=O)c3C2)cc1C(F)(F)F. The average Bonchev–Trinajstić information content (AvgIpc) is 3.48. The zero-order valence-electron chi connectivity index (χ0n) is 19.6. The highest BCUT2D eigenvalue weighted by Gasteiger charge is 2.40. The van der Waals surface area contributed by atoms with E-state index in [4.69, 9.17) is 14.2 Å². The summed E-state index contributed by atoms with van der Waals surface area (Å²) >= 11 is 0. The Kier molecular flexibility index (Phi) is 6.28. The first-order chi connectivity index (χ1) is 17.3. The number of aldehydes is 1. The van der Waals surface area contributed by atoms with Crippen LogP contribution in [0.15, 0.2) is 23.7 Å². The van der Waals surface area contributed by atoms with Gasteiger partial charge < -0.3 is 19.1 Å². The number of pyridine rings is 1. The quantitative estimate of drug-likeness (QED) is 0.541. The molecule has 192 valence electrons. The summed E-state index contributed by atoms with van der Waals surface area (Å²) in [5, 5.41) is 7.58.